The monoisotopic (exact) mass is 288 g/mol. The summed E-state index contributed by atoms with van der Waals surface area (Å²) >= 11 is 7.69. The molecule has 3 nitrogen and oxygen atoms in total. The number of nitrogens with zero attached hydrogens (tertiary/aromatic N) is 1. The minimum absolute atomic E-state index is 0.119. The van der Waals surface area contributed by atoms with E-state index in [1.165, 1.54) is 4.88 Å². The normalized spacial score (nSPS) is 26.2. The van der Waals surface area contributed by atoms with Crippen LogP contribution in [0.4, 0.5) is 0 Å². The summed E-state index contributed by atoms with van der Waals surface area (Å²) in [4.78, 5) is 3.66. The van der Waals surface area contributed by atoms with Crippen molar-refractivity contribution in [2.45, 2.75) is 38.5 Å². The highest BCUT2D eigenvalue weighted by atomic mass is 35.5. The van der Waals surface area contributed by atoms with E-state index < -0.39 is 0 Å². The molecule has 2 rings (SSSR count). The van der Waals surface area contributed by atoms with Crippen LogP contribution in [0.3, 0.4) is 0 Å². The van der Waals surface area contributed by atoms with Gasteiger partial charge in [0.1, 0.15) is 0 Å². The molecular formula is C13H21ClN2OS. The van der Waals surface area contributed by atoms with Crippen LogP contribution >= 0.6 is 22.9 Å². The molecule has 2 N–H and O–H groups in total. The number of rotatable bonds is 3. The first-order valence-electron chi connectivity index (χ1n) is 6.27. The molecule has 0 saturated carbocycles. The number of morpholine rings is 1. The first-order chi connectivity index (χ1) is 8.41. The minimum Gasteiger partial charge on any atom is -0.370 e. The molecule has 0 aliphatic carbocycles. The second-order valence-electron chi connectivity index (χ2n) is 5.54. The highest BCUT2D eigenvalue weighted by Crippen LogP contribution is 2.32. The van der Waals surface area contributed by atoms with Crippen molar-refractivity contribution >= 4 is 22.9 Å². The second kappa shape index (κ2) is 5.47. The fourth-order valence-corrected chi connectivity index (χ4v) is 3.92. The van der Waals surface area contributed by atoms with E-state index in [4.69, 9.17) is 22.1 Å². The van der Waals surface area contributed by atoms with Crippen LogP contribution in [0, 0.1) is 0 Å². The molecule has 0 amide bonds. The number of hydrogen-bond donors (Lipinski definition) is 1. The van der Waals surface area contributed by atoms with Crippen LogP contribution in [0.2, 0.25) is 5.02 Å². The lowest BCUT2D eigenvalue weighted by molar-refractivity contribution is -0.137. The molecule has 1 aromatic heterocycles. The van der Waals surface area contributed by atoms with Gasteiger partial charge in [0.25, 0.3) is 0 Å². The second-order valence-corrected chi connectivity index (χ2v) is 6.92. The van der Waals surface area contributed by atoms with Crippen LogP contribution in [0.25, 0.3) is 0 Å². The van der Waals surface area contributed by atoms with Gasteiger partial charge in [-0.2, -0.15) is 0 Å². The lowest BCUT2D eigenvalue weighted by atomic mass is 10.0. The lowest BCUT2D eigenvalue weighted by Crippen LogP contribution is -2.53. The number of nitrogens with two attached hydrogens (primary N) is 1. The number of ether oxygens (including phenoxy) is 1. The molecular weight excluding hydrogens is 268 g/mol. The molecule has 102 valence electrons. The van der Waals surface area contributed by atoms with Gasteiger partial charge >= 0.3 is 0 Å². The maximum absolute atomic E-state index is 6.01. The smallest absolute Gasteiger partial charge is 0.0757 e. The predicted octanol–water partition coefficient (Wildman–Crippen LogP) is 2.90. The molecule has 5 heteroatoms. The fraction of sp³-hybridized carbons (Fsp3) is 0.692. The van der Waals surface area contributed by atoms with Crippen molar-refractivity contribution in [1.29, 1.82) is 0 Å². The summed E-state index contributed by atoms with van der Waals surface area (Å²) < 4.78 is 5.93. The van der Waals surface area contributed by atoms with Crippen molar-refractivity contribution in [3.05, 3.63) is 21.3 Å². The van der Waals surface area contributed by atoms with Crippen molar-refractivity contribution in [3.63, 3.8) is 0 Å². The van der Waals surface area contributed by atoms with Crippen LogP contribution in [0.5, 0.6) is 0 Å². The van der Waals surface area contributed by atoms with Crippen LogP contribution in [-0.4, -0.2) is 36.2 Å². The van der Waals surface area contributed by atoms with E-state index in [1.807, 2.05) is 11.4 Å². The molecule has 1 saturated heterocycles. The van der Waals surface area contributed by atoms with E-state index in [1.54, 1.807) is 11.3 Å². The molecule has 1 aromatic rings. The van der Waals surface area contributed by atoms with Crippen molar-refractivity contribution < 1.29 is 4.74 Å². The molecule has 2 atom stereocenters. The highest BCUT2D eigenvalue weighted by Gasteiger charge is 2.35. The van der Waals surface area contributed by atoms with Crippen LogP contribution < -0.4 is 5.73 Å². The van der Waals surface area contributed by atoms with Crippen LogP contribution in [0.15, 0.2) is 11.4 Å². The molecule has 1 aliphatic heterocycles. The van der Waals surface area contributed by atoms with Gasteiger partial charge in [0.2, 0.25) is 0 Å². The Morgan fingerprint density at radius 2 is 2.39 bits per heavy atom. The van der Waals surface area contributed by atoms with Gasteiger partial charge in [-0.25, -0.2) is 0 Å². The summed E-state index contributed by atoms with van der Waals surface area (Å²) in [5.74, 6) is 0. The standard InChI is InChI=1S/C13H21ClN2OS/c1-9-6-16(8-13(2,3)17-9)11(5-15)12-4-10(14)7-18-12/h4,7,9,11H,5-6,8,15H2,1-3H3. The van der Waals surface area contributed by atoms with Gasteiger partial charge in [0.05, 0.1) is 22.8 Å². The first-order valence-corrected chi connectivity index (χ1v) is 7.53. The Hall–Kier alpha value is -0.130. The average Bonchev–Trinajstić information content (AvgIpc) is 2.63. The summed E-state index contributed by atoms with van der Waals surface area (Å²) in [6.45, 7) is 8.80. The van der Waals surface area contributed by atoms with Gasteiger partial charge in [-0.15, -0.1) is 11.3 Å². The Morgan fingerprint density at radius 3 is 2.89 bits per heavy atom. The Kier molecular flexibility index (Phi) is 4.34. The third kappa shape index (κ3) is 3.25. The van der Waals surface area contributed by atoms with Crippen LogP contribution in [0.1, 0.15) is 31.7 Å². The van der Waals surface area contributed by atoms with Crippen molar-refractivity contribution in [2.24, 2.45) is 5.73 Å². The zero-order valence-corrected chi connectivity index (χ0v) is 12.7. The van der Waals surface area contributed by atoms with E-state index in [-0.39, 0.29) is 17.7 Å². The molecule has 18 heavy (non-hydrogen) atoms. The van der Waals surface area contributed by atoms with Gasteiger partial charge in [0.15, 0.2) is 0 Å². The highest BCUT2D eigenvalue weighted by molar-refractivity contribution is 7.10. The zero-order valence-electron chi connectivity index (χ0n) is 11.1. The van der Waals surface area contributed by atoms with Crippen molar-refractivity contribution in [1.82, 2.24) is 4.90 Å². The average molecular weight is 289 g/mol. The lowest BCUT2D eigenvalue weighted by Gasteiger charge is -2.44. The molecule has 1 fully saturated rings. The molecule has 0 aromatic carbocycles. The van der Waals surface area contributed by atoms with Crippen molar-refractivity contribution in [2.75, 3.05) is 19.6 Å². The zero-order chi connectivity index (χ0) is 13.3. The largest absolute Gasteiger partial charge is 0.370 e. The fourth-order valence-electron chi connectivity index (χ4n) is 2.69. The third-order valence-corrected chi connectivity index (χ3v) is 4.56. The molecule has 0 bridgehead atoms. The van der Waals surface area contributed by atoms with Gasteiger partial charge in [0, 0.05) is 29.9 Å². The summed E-state index contributed by atoms with van der Waals surface area (Å²) in [7, 11) is 0. The van der Waals surface area contributed by atoms with Crippen molar-refractivity contribution in [3.8, 4) is 0 Å². The van der Waals surface area contributed by atoms with E-state index in [2.05, 4.69) is 25.7 Å². The van der Waals surface area contributed by atoms with Gasteiger partial charge in [-0.1, -0.05) is 11.6 Å². The molecule has 2 unspecified atom stereocenters. The van der Waals surface area contributed by atoms with Crippen LogP contribution in [-0.2, 0) is 4.74 Å². The Bertz CT molecular complexity index is 407. The Balaban J connectivity index is 2.17. The van der Waals surface area contributed by atoms with Gasteiger partial charge in [-0.05, 0) is 26.8 Å². The number of thiophene rings is 1. The number of halogens is 1. The van der Waals surface area contributed by atoms with E-state index in [9.17, 15) is 0 Å². The maximum atomic E-state index is 6.01. The summed E-state index contributed by atoms with van der Waals surface area (Å²) in [6, 6.07) is 2.27. The summed E-state index contributed by atoms with van der Waals surface area (Å²) in [5.41, 5.74) is 5.84. The summed E-state index contributed by atoms with van der Waals surface area (Å²) in [6.07, 6.45) is 0.234. The Morgan fingerprint density at radius 1 is 1.67 bits per heavy atom. The van der Waals surface area contributed by atoms with Gasteiger partial charge in [-0.3, -0.25) is 4.90 Å². The maximum Gasteiger partial charge on any atom is 0.0757 e. The van der Waals surface area contributed by atoms with E-state index >= 15 is 0 Å². The molecule has 2 heterocycles. The summed E-state index contributed by atoms with van der Waals surface area (Å²) in [5, 5.41) is 2.77. The SMILES string of the molecule is CC1CN(C(CN)c2cc(Cl)cs2)CC(C)(C)O1. The van der Waals surface area contributed by atoms with E-state index in [0.29, 0.717) is 6.54 Å². The number of hydrogen-bond acceptors (Lipinski definition) is 4. The predicted molar refractivity (Wildman–Crippen MR) is 77.3 cm³/mol. The quantitative estimate of drug-likeness (QED) is 0.929. The molecule has 0 radical (unpaired) electrons. The Labute approximate surface area is 118 Å². The topological polar surface area (TPSA) is 38.5 Å². The minimum atomic E-state index is -0.119. The van der Waals surface area contributed by atoms with E-state index in [0.717, 1.165) is 18.1 Å². The third-order valence-electron chi connectivity index (χ3n) is 3.18. The molecule has 1 aliphatic rings. The van der Waals surface area contributed by atoms with Gasteiger partial charge < -0.3 is 10.5 Å². The molecule has 0 spiro atoms. The first kappa shape index (κ1) is 14.3.